The van der Waals surface area contributed by atoms with Crippen LogP contribution in [0.1, 0.15) is 11.4 Å². The molecule has 2 N–H and O–H groups in total. The Labute approximate surface area is 253 Å². The summed E-state index contributed by atoms with van der Waals surface area (Å²) in [5.74, 6) is 2.03. The van der Waals surface area contributed by atoms with E-state index in [1.165, 1.54) is 11.8 Å². The summed E-state index contributed by atoms with van der Waals surface area (Å²) in [5.41, 5.74) is 5.33. The molecule has 43 heavy (non-hydrogen) atoms. The molecule has 0 fully saturated rings. The molecule has 0 atom stereocenters. The van der Waals surface area contributed by atoms with Crippen LogP contribution in [0.4, 0.5) is 5.69 Å². The van der Waals surface area contributed by atoms with Gasteiger partial charge in [0, 0.05) is 16.8 Å². The number of aromatic nitrogens is 3. The van der Waals surface area contributed by atoms with Gasteiger partial charge in [0.05, 0.1) is 18.5 Å². The van der Waals surface area contributed by atoms with Crippen molar-refractivity contribution >= 4 is 40.3 Å². The zero-order valence-electron chi connectivity index (χ0n) is 23.1. The van der Waals surface area contributed by atoms with Crippen LogP contribution in [0.5, 0.6) is 11.5 Å². The first-order chi connectivity index (χ1) is 21.2. The number of nitrogens with zero attached hydrogens (tertiary/aromatic N) is 4. The summed E-state index contributed by atoms with van der Waals surface area (Å²) in [5, 5.41) is 19.4. The Kier molecular flexibility index (Phi) is 8.71. The minimum atomic E-state index is -0.254. The van der Waals surface area contributed by atoms with E-state index in [9.17, 15) is 4.79 Å². The molecule has 5 aromatic carbocycles. The molecule has 0 aliphatic carbocycles. The summed E-state index contributed by atoms with van der Waals surface area (Å²) in [6, 6.07) is 41.3. The van der Waals surface area contributed by atoms with Crippen LogP contribution in [0.25, 0.3) is 16.5 Å². The van der Waals surface area contributed by atoms with Crippen molar-refractivity contribution < 1.29 is 9.53 Å². The molecule has 1 aromatic heterocycles. The van der Waals surface area contributed by atoms with Gasteiger partial charge in [0.1, 0.15) is 11.5 Å². The predicted molar refractivity (Wildman–Crippen MR) is 172 cm³/mol. The van der Waals surface area contributed by atoms with Gasteiger partial charge in [-0.1, -0.05) is 96.7 Å². The zero-order chi connectivity index (χ0) is 29.3. The molecule has 212 valence electrons. The highest BCUT2D eigenvalue weighted by atomic mass is 32.2. The summed E-state index contributed by atoms with van der Waals surface area (Å²) in [6.07, 6.45) is 1.59. The Morgan fingerprint density at radius 3 is 2.40 bits per heavy atom. The number of hydrogen-bond acceptors (Lipinski definition) is 7. The highest BCUT2D eigenvalue weighted by Crippen LogP contribution is 2.26. The van der Waals surface area contributed by atoms with Crippen LogP contribution < -0.4 is 15.5 Å². The lowest BCUT2D eigenvalue weighted by Crippen LogP contribution is -2.20. The molecule has 8 nitrogen and oxygen atoms in total. The van der Waals surface area contributed by atoms with Gasteiger partial charge in [0.25, 0.3) is 5.91 Å². The number of nitrogens with one attached hydrogen (secondary N) is 2. The van der Waals surface area contributed by atoms with Crippen LogP contribution >= 0.6 is 11.8 Å². The van der Waals surface area contributed by atoms with Crippen molar-refractivity contribution in [3.8, 4) is 17.2 Å². The van der Waals surface area contributed by atoms with Crippen molar-refractivity contribution in [2.24, 2.45) is 5.10 Å². The number of para-hydroxylation sites is 2. The summed E-state index contributed by atoms with van der Waals surface area (Å²) < 4.78 is 7.84. The van der Waals surface area contributed by atoms with Crippen molar-refractivity contribution in [1.29, 1.82) is 0 Å². The van der Waals surface area contributed by atoms with Gasteiger partial charge < -0.3 is 10.1 Å². The maximum Gasteiger partial charge on any atom is 0.250 e. The van der Waals surface area contributed by atoms with E-state index in [1.807, 2.05) is 108 Å². The fourth-order valence-electron chi connectivity index (χ4n) is 4.52. The number of hydrazone groups is 1. The van der Waals surface area contributed by atoms with Crippen molar-refractivity contribution in [2.45, 2.75) is 11.7 Å². The number of rotatable bonds is 11. The van der Waals surface area contributed by atoms with Crippen molar-refractivity contribution in [3.05, 3.63) is 139 Å². The van der Waals surface area contributed by atoms with Crippen molar-refractivity contribution in [2.75, 3.05) is 11.1 Å². The Hall–Kier alpha value is -5.41. The third-order valence-electron chi connectivity index (χ3n) is 6.51. The topological polar surface area (TPSA) is 93.4 Å². The fraction of sp³-hybridized carbons (Fsp3) is 0.0588. The average Bonchev–Trinajstić information content (AvgIpc) is 3.46. The van der Waals surface area contributed by atoms with Crippen LogP contribution in [0.15, 0.2) is 138 Å². The van der Waals surface area contributed by atoms with Crippen LogP contribution in [0.3, 0.4) is 0 Å². The van der Waals surface area contributed by atoms with Gasteiger partial charge in [-0.15, -0.1) is 10.2 Å². The van der Waals surface area contributed by atoms with E-state index in [1.54, 1.807) is 6.21 Å². The van der Waals surface area contributed by atoms with E-state index in [2.05, 4.69) is 50.3 Å². The maximum absolute atomic E-state index is 12.7. The number of fused-ring (bicyclic) bond motifs is 1. The smallest absolute Gasteiger partial charge is 0.250 e. The third-order valence-corrected chi connectivity index (χ3v) is 7.44. The molecular weight excluding hydrogens is 556 g/mol. The second-order valence-electron chi connectivity index (χ2n) is 9.52. The van der Waals surface area contributed by atoms with E-state index in [4.69, 9.17) is 4.74 Å². The average molecular weight is 585 g/mol. The van der Waals surface area contributed by atoms with Crippen LogP contribution in [0.2, 0.25) is 0 Å². The number of amides is 1. The number of carbonyl (C=O) groups excluding carboxylic acids is 1. The molecule has 0 bridgehead atoms. The molecular formula is C34H28N6O2S. The summed E-state index contributed by atoms with van der Waals surface area (Å²) >= 11 is 1.30. The monoisotopic (exact) mass is 584 g/mol. The van der Waals surface area contributed by atoms with Gasteiger partial charge in [-0.3, -0.25) is 9.36 Å². The molecule has 1 heterocycles. The number of benzene rings is 5. The molecule has 1 amide bonds. The van der Waals surface area contributed by atoms with Gasteiger partial charge >= 0.3 is 0 Å². The highest BCUT2D eigenvalue weighted by molar-refractivity contribution is 7.99. The Bertz CT molecular complexity index is 1850. The molecule has 6 rings (SSSR count). The van der Waals surface area contributed by atoms with Gasteiger partial charge in [-0.25, -0.2) is 5.43 Å². The molecule has 0 unspecified atom stereocenters. The van der Waals surface area contributed by atoms with Crippen molar-refractivity contribution in [3.63, 3.8) is 0 Å². The number of carbonyl (C=O) groups is 1. The number of thioether (sulfide) groups is 1. The minimum absolute atomic E-state index is 0.121. The molecule has 6 aromatic rings. The van der Waals surface area contributed by atoms with Gasteiger partial charge in [-0.05, 0) is 53.4 Å². The van der Waals surface area contributed by atoms with E-state index >= 15 is 0 Å². The number of hydrogen-bond donors (Lipinski definition) is 2. The van der Waals surface area contributed by atoms with E-state index < -0.39 is 0 Å². The van der Waals surface area contributed by atoms with Crippen LogP contribution in [-0.4, -0.2) is 32.6 Å². The van der Waals surface area contributed by atoms with Crippen molar-refractivity contribution in [1.82, 2.24) is 20.2 Å². The summed E-state index contributed by atoms with van der Waals surface area (Å²) in [4.78, 5) is 12.7. The Balaban J connectivity index is 1.10. The van der Waals surface area contributed by atoms with E-state index in [-0.39, 0.29) is 11.7 Å². The normalized spacial score (nSPS) is 11.1. The SMILES string of the molecule is O=C(CSc1nnc(CNc2cccc3ccccc23)n1-c1ccccc1)N/N=C/c1cccc(Oc2ccccc2)c1. The van der Waals surface area contributed by atoms with E-state index in [0.29, 0.717) is 17.5 Å². The first kappa shape index (κ1) is 27.7. The van der Waals surface area contributed by atoms with E-state index in [0.717, 1.165) is 39.3 Å². The zero-order valence-corrected chi connectivity index (χ0v) is 23.9. The standard InChI is InChI=1S/C34H28N6O2S/c41-33(38-36-22-25-11-9-18-29(21-25)42-28-16-5-2-6-17-28)24-43-34-39-37-32(40(34)27-14-3-1-4-15-27)23-35-31-20-10-13-26-12-7-8-19-30(26)31/h1-22,35H,23-24H2,(H,38,41)/b36-22+. The predicted octanol–water partition coefficient (Wildman–Crippen LogP) is 7.07. The van der Waals surface area contributed by atoms with Gasteiger partial charge in [0.2, 0.25) is 0 Å². The van der Waals surface area contributed by atoms with Crippen LogP contribution in [-0.2, 0) is 11.3 Å². The number of ether oxygens (including phenoxy) is 1. The lowest BCUT2D eigenvalue weighted by Gasteiger charge is -2.12. The summed E-state index contributed by atoms with van der Waals surface area (Å²) in [7, 11) is 0. The molecule has 0 radical (unpaired) electrons. The Morgan fingerprint density at radius 1 is 0.814 bits per heavy atom. The first-order valence-electron chi connectivity index (χ1n) is 13.7. The molecule has 9 heteroatoms. The maximum atomic E-state index is 12.7. The largest absolute Gasteiger partial charge is 0.457 e. The third kappa shape index (κ3) is 7.09. The quantitative estimate of drug-likeness (QED) is 0.0962. The second-order valence-corrected chi connectivity index (χ2v) is 10.5. The van der Waals surface area contributed by atoms with Crippen LogP contribution in [0, 0.1) is 0 Å². The lowest BCUT2D eigenvalue weighted by molar-refractivity contribution is -0.118. The molecule has 0 spiro atoms. The van der Waals surface area contributed by atoms with Gasteiger partial charge in [0.15, 0.2) is 11.0 Å². The van der Waals surface area contributed by atoms with Gasteiger partial charge in [-0.2, -0.15) is 5.10 Å². The second kappa shape index (κ2) is 13.5. The Morgan fingerprint density at radius 2 is 1.53 bits per heavy atom. The fourth-order valence-corrected chi connectivity index (χ4v) is 5.29. The minimum Gasteiger partial charge on any atom is -0.457 e. The molecule has 0 aliphatic heterocycles. The highest BCUT2D eigenvalue weighted by Gasteiger charge is 2.16. The lowest BCUT2D eigenvalue weighted by atomic mass is 10.1. The molecule has 0 aliphatic rings. The summed E-state index contributed by atoms with van der Waals surface area (Å²) in [6.45, 7) is 0.458. The first-order valence-corrected chi connectivity index (χ1v) is 14.7. The molecule has 0 saturated carbocycles. The molecule has 0 saturated heterocycles. The number of anilines is 1.